The van der Waals surface area contributed by atoms with E-state index in [0.717, 1.165) is 43.9 Å². The number of halogens is 1. The third-order valence-corrected chi connectivity index (χ3v) is 6.73. The van der Waals surface area contributed by atoms with Gasteiger partial charge in [-0.3, -0.25) is 14.6 Å². The molecule has 1 aromatic carbocycles. The number of nitrogens with zero attached hydrogens (tertiary/aromatic N) is 3. The minimum absolute atomic E-state index is 0. The van der Waals surface area contributed by atoms with E-state index >= 15 is 0 Å². The van der Waals surface area contributed by atoms with Crippen LogP contribution in [0, 0.1) is 5.92 Å². The average Bonchev–Trinajstić information content (AvgIpc) is 3.31. The summed E-state index contributed by atoms with van der Waals surface area (Å²) in [4.78, 5) is 33.5. The number of aliphatic imine (C=N–C) groups is 1. The van der Waals surface area contributed by atoms with Crippen LogP contribution in [0.15, 0.2) is 29.3 Å². The summed E-state index contributed by atoms with van der Waals surface area (Å²) in [6.45, 7) is 7.61. The van der Waals surface area contributed by atoms with Gasteiger partial charge in [0.05, 0.1) is 0 Å². The lowest BCUT2D eigenvalue weighted by Crippen LogP contribution is -2.45. The van der Waals surface area contributed by atoms with E-state index in [1.54, 1.807) is 7.05 Å². The Bertz CT molecular complexity index is 788. The van der Waals surface area contributed by atoms with Gasteiger partial charge < -0.3 is 20.4 Å². The maximum atomic E-state index is 12.8. The van der Waals surface area contributed by atoms with Gasteiger partial charge in [0, 0.05) is 57.3 Å². The van der Waals surface area contributed by atoms with Crippen LogP contribution in [0.1, 0.15) is 68.3 Å². The number of carbonyl (C=O) groups is 2. The van der Waals surface area contributed by atoms with E-state index in [2.05, 4.69) is 15.6 Å². The van der Waals surface area contributed by atoms with Gasteiger partial charge in [0.1, 0.15) is 0 Å². The van der Waals surface area contributed by atoms with Gasteiger partial charge in [-0.1, -0.05) is 31.4 Å². The van der Waals surface area contributed by atoms with Crippen molar-refractivity contribution < 1.29 is 9.59 Å². The summed E-state index contributed by atoms with van der Waals surface area (Å²) in [5.41, 5.74) is 1.80. The van der Waals surface area contributed by atoms with Crippen LogP contribution in [0.4, 0.5) is 0 Å². The first-order valence-corrected chi connectivity index (χ1v) is 12.2. The van der Waals surface area contributed by atoms with Crippen molar-refractivity contribution in [1.29, 1.82) is 0 Å². The molecule has 2 aliphatic rings. The zero-order valence-electron chi connectivity index (χ0n) is 20.3. The van der Waals surface area contributed by atoms with Gasteiger partial charge in [-0.25, -0.2) is 0 Å². The van der Waals surface area contributed by atoms with Crippen LogP contribution in [0.5, 0.6) is 0 Å². The van der Waals surface area contributed by atoms with Crippen LogP contribution >= 0.6 is 24.0 Å². The minimum Gasteiger partial charge on any atom is -0.352 e. The molecule has 1 heterocycles. The Kier molecular flexibility index (Phi) is 11.4. The zero-order chi connectivity index (χ0) is 22.9. The first-order valence-electron chi connectivity index (χ1n) is 12.2. The monoisotopic (exact) mass is 569 g/mol. The predicted octanol–water partition coefficient (Wildman–Crippen LogP) is 3.63. The van der Waals surface area contributed by atoms with E-state index in [9.17, 15) is 9.59 Å². The van der Waals surface area contributed by atoms with Crippen LogP contribution in [-0.4, -0.2) is 66.8 Å². The van der Waals surface area contributed by atoms with Crippen LogP contribution < -0.4 is 10.6 Å². The van der Waals surface area contributed by atoms with E-state index in [1.807, 2.05) is 47.9 Å². The fourth-order valence-electron chi connectivity index (χ4n) is 4.72. The smallest absolute Gasteiger partial charge is 0.253 e. The van der Waals surface area contributed by atoms with Crippen molar-refractivity contribution in [2.45, 2.75) is 65.0 Å². The van der Waals surface area contributed by atoms with E-state index in [1.165, 1.54) is 19.3 Å². The summed E-state index contributed by atoms with van der Waals surface area (Å²) < 4.78 is 0. The van der Waals surface area contributed by atoms with Crippen molar-refractivity contribution in [2.24, 2.45) is 10.9 Å². The molecule has 1 aromatic rings. The minimum atomic E-state index is 0. The molecule has 0 spiro atoms. The molecule has 2 amide bonds. The third kappa shape index (κ3) is 7.58. The van der Waals surface area contributed by atoms with Crippen molar-refractivity contribution in [1.82, 2.24) is 20.4 Å². The number of likely N-dealkylation sites (tertiary alicyclic amines) is 1. The highest BCUT2D eigenvalue weighted by molar-refractivity contribution is 14.0. The fraction of sp³-hybridized carbons (Fsp3) is 0.640. The van der Waals surface area contributed by atoms with Gasteiger partial charge in [-0.15, -0.1) is 24.0 Å². The highest BCUT2D eigenvalue weighted by Gasteiger charge is 2.31. The van der Waals surface area contributed by atoms with Crippen molar-refractivity contribution in [3.8, 4) is 0 Å². The second kappa shape index (κ2) is 13.8. The van der Waals surface area contributed by atoms with E-state index in [-0.39, 0.29) is 41.8 Å². The van der Waals surface area contributed by atoms with Crippen molar-refractivity contribution >= 4 is 41.8 Å². The molecule has 7 nitrogen and oxygen atoms in total. The molecule has 1 unspecified atom stereocenters. The Morgan fingerprint density at radius 2 is 1.73 bits per heavy atom. The molecule has 0 radical (unpaired) electrons. The Morgan fingerprint density at radius 3 is 2.33 bits per heavy atom. The van der Waals surface area contributed by atoms with Crippen LogP contribution in [0.2, 0.25) is 0 Å². The number of guanidine groups is 1. The first-order chi connectivity index (χ1) is 15.5. The predicted molar refractivity (Wildman–Crippen MR) is 144 cm³/mol. The topological polar surface area (TPSA) is 77.0 Å². The second-order valence-corrected chi connectivity index (χ2v) is 8.85. The molecule has 2 fully saturated rings. The van der Waals surface area contributed by atoms with Crippen molar-refractivity contribution in [3.63, 3.8) is 0 Å². The maximum absolute atomic E-state index is 12.8. The third-order valence-electron chi connectivity index (χ3n) is 6.73. The first kappa shape index (κ1) is 27.4. The number of hydrogen-bond donors (Lipinski definition) is 2. The molecule has 1 aliphatic carbocycles. The van der Waals surface area contributed by atoms with E-state index < -0.39 is 0 Å². The summed E-state index contributed by atoms with van der Waals surface area (Å²) in [7, 11) is 1.76. The van der Waals surface area contributed by atoms with Crippen LogP contribution in [0.25, 0.3) is 0 Å². The van der Waals surface area contributed by atoms with E-state index in [4.69, 9.17) is 0 Å². The molecule has 184 valence electrons. The molecule has 8 heteroatoms. The normalized spacial score (nSPS) is 19.1. The lowest BCUT2D eigenvalue weighted by molar-refractivity contribution is -0.135. The molecule has 1 saturated carbocycles. The SMILES string of the molecule is CCN(CC)C(=O)c1ccc(CNC(=NC)NC2CCN(C(=O)C3CCCCC3)C2)cc1.I. The van der Waals surface area contributed by atoms with E-state index in [0.29, 0.717) is 31.1 Å². The van der Waals surface area contributed by atoms with Crippen molar-refractivity contribution in [3.05, 3.63) is 35.4 Å². The number of nitrogens with one attached hydrogen (secondary N) is 2. The van der Waals surface area contributed by atoms with Gasteiger partial charge in [-0.05, 0) is 50.8 Å². The molecule has 2 N–H and O–H groups in total. The summed E-state index contributed by atoms with van der Waals surface area (Å²) in [5, 5.41) is 6.82. The largest absolute Gasteiger partial charge is 0.352 e. The lowest BCUT2D eigenvalue weighted by atomic mass is 9.88. The van der Waals surface area contributed by atoms with Gasteiger partial charge in [0.25, 0.3) is 5.91 Å². The quantitative estimate of drug-likeness (QED) is 0.299. The molecule has 0 bridgehead atoms. The number of rotatable bonds is 7. The molecule has 1 atom stereocenters. The lowest BCUT2D eigenvalue weighted by Gasteiger charge is -2.26. The number of benzene rings is 1. The zero-order valence-corrected chi connectivity index (χ0v) is 22.6. The Balaban J connectivity index is 0.00000385. The maximum Gasteiger partial charge on any atom is 0.253 e. The molecule has 1 aliphatic heterocycles. The Hall–Kier alpha value is -1.84. The average molecular weight is 570 g/mol. The molecule has 3 rings (SSSR count). The molecular weight excluding hydrogens is 529 g/mol. The Morgan fingerprint density at radius 1 is 1.06 bits per heavy atom. The van der Waals surface area contributed by atoms with Gasteiger partial charge in [0.2, 0.25) is 5.91 Å². The molecule has 1 saturated heterocycles. The number of amides is 2. The summed E-state index contributed by atoms with van der Waals surface area (Å²) in [6.07, 6.45) is 6.69. The standard InChI is InChI=1S/C25H39N5O2.HI/c1-4-29(5-2)23(31)21-13-11-19(12-14-21)17-27-25(26-3)28-22-15-16-30(18-22)24(32)20-9-7-6-8-10-20;/h11-14,20,22H,4-10,15-18H2,1-3H3,(H2,26,27,28);1H. The Labute approximate surface area is 215 Å². The summed E-state index contributed by atoms with van der Waals surface area (Å²) >= 11 is 0. The number of carbonyl (C=O) groups excluding carboxylic acids is 2. The summed E-state index contributed by atoms with van der Waals surface area (Å²) in [6, 6.07) is 7.97. The highest BCUT2D eigenvalue weighted by atomic mass is 127. The fourth-order valence-corrected chi connectivity index (χ4v) is 4.72. The van der Waals surface area contributed by atoms with Gasteiger partial charge in [0.15, 0.2) is 5.96 Å². The highest BCUT2D eigenvalue weighted by Crippen LogP contribution is 2.26. The summed E-state index contributed by atoms with van der Waals surface area (Å²) in [5.74, 6) is 1.39. The number of hydrogen-bond acceptors (Lipinski definition) is 3. The van der Waals surface area contributed by atoms with Gasteiger partial charge >= 0.3 is 0 Å². The molecule has 0 aromatic heterocycles. The van der Waals surface area contributed by atoms with Crippen molar-refractivity contribution in [2.75, 3.05) is 33.2 Å². The molecule has 33 heavy (non-hydrogen) atoms. The molecular formula is C25H40IN5O2. The van der Waals surface area contributed by atoms with Crippen LogP contribution in [-0.2, 0) is 11.3 Å². The van der Waals surface area contributed by atoms with Crippen LogP contribution in [0.3, 0.4) is 0 Å². The van der Waals surface area contributed by atoms with Gasteiger partial charge in [-0.2, -0.15) is 0 Å². The second-order valence-electron chi connectivity index (χ2n) is 8.85.